The van der Waals surface area contributed by atoms with Gasteiger partial charge in [-0.05, 0) is 18.6 Å². The second-order valence-corrected chi connectivity index (χ2v) is 6.52. The molecule has 0 fully saturated rings. The van der Waals surface area contributed by atoms with Crippen molar-refractivity contribution in [2.75, 3.05) is 6.61 Å². The molecule has 1 rings (SSSR count). The second kappa shape index (κ2) is 10.6. The van der Waals surface area contributed by atoms with E-state index in [1.165, 1.54) is 0 Å². The number of carbonyl (C=O) groups is 1. The van der Waals surface area contributed by atoms with Gasteiger partial charge in [0.1, 0.15) is 11.3 Å². The van der Waals surface area contributed by atoms with Crippen molar-refractivity contribution in [1.29, 1.82) is 0 Å². The lowest BCUT2D eigenvalue weighted by Crippen LogP contribution is -2.18. The molecule has 0 saturated carbocycles. The fourth-order valence-electron chi connectivity index (χ4n) is 2.76. The minimum atomic E-state index is -5.26. The van der Waals surface area contributed by atoms with Crippen LogP contribution in [0.25, 0.3) is 0 Å². The van der Waals surface area contributed by atoms with Crippen LogP contribution < -0.4 is 4.74 Å². The number of carboxylic acids is 1. The van der Waals surface area contributed by atoms with Gasteiger partial charge < -0.3 is 9.84 Å². The van der Waals surface area contributed by atoms with E-state index in [4.69, 9.17) is 9.84 Å². The third-order valence-electron chi connectivity index (χ3n) is 4.20. The van der Waals surface area contributed by atoms with Gasteiger partial charge in [0, 0.05) is 0 Å². The predicted molar refractivity (Wildman–Crippen MR) is 91.5 cm³/mol. The number of hydrogen-bond donors (Lipinski definition) is 1. The topological polar surface area (TPSA) is 46.5 Å². The van der Waals surface area contributed by atoms with Crippen LogP contribution in [0.15, 0.2) is 12.1 Å². The minimum Gasteiger partial charge on any atom is -0.493 e. The van der Waals surface area contributed by atoms with Crippen LogP contribution in [-0.4, -0.2) is 17.7 Å². The molecule has 0 atom stereocenters. The molecule has 28 heavy (non-hydrogen) atoms. The van der Waals surface area contributed by atoms with Crippen molar-refractivity contribution in [1.82, 2.24) is 0 Å². The molecule has 0 aliphatic heterocycles. The average Bonchev–Trinajstić information content (AvgIpc) is 2.57. The van der Waals surface area contributed by atoms with Crippen LogP contribution >= 0.6 is 0 Å². The summed E-state index contributed by atoms with van der Waals surface area (Å²) < 4.78 is 83.0. The third-order valence-corrected chi connectivity index (χ3v) is 4.20. The molecule has 0 spiro atoms. The van der Waals surface area contributed by atoms with Gasteiger partial charge in [-0.3, -0.25) is 0 Å². The molecule has 0 unspecified atom stereocenters. The predicted octanol–water partition coefficient (Wildman–Crippen LogP) is 6.94. The SMILES string of the molecule is CCCCCCCCCCOc1cc(C(F)(F)F)cc(C(F)(F)F)c1C(=O)O. The number of rotatable bonds is 11. The summed E-state index contributed by atoms with van der Waals surface area (Å²) in [6, 6.07) is 0.107. The Bertz CT molecular complexity index is 638. The van der Waals surface area contributed by atoms with E-state index in [1.807, 2.05) is 0 Å². The first-order valence-electron chi connectivity index (χ1n) is 9.17. The zero-order chi connectivity index (χ0) is 21.4. The van der Waals surface area contributed by atoms with E-state index in [-0.39, 0.29) is 12.7 Å². The van der Waals surface area contributed by atoms with Crippen LogP contribution in [0.5, 0.6) is 5.75 Å². The molecule has 160 valence electrons. The zero-order valence-electron chi connectivity index (χ0n) is 15.6. The lowest BCUT2D eigenvalue weighted by molar-refractivity contribution is -0.143. The Morgan fingerprint density at radius 2 is 1.43 bits per heavy atom. The summed E-state index contributed by atoms with van der Waals surface area (Å²) in [4.78, 5) is 11.2. The smallest absolute Gasteiger partial charge is 0.417 e. The highest BCUT2D eigenvalue weighted by molar-refractivity contribution is 5.93. The second-order valence-electron chi connectivity index (χ2n) is 6.52. The molecule has 0 radical (unpaired) electrons. The largest absolute Gasteiger partial charge is 0.493 e. The molecule has 0 saturated heterocycles. The first-order valence-corrected chi connectivity index (χ1v) is 9.17. The van der Waals surface area contributed by atoms with Gasteiger partial charge in [0.25, 0.3) is 0 Å². The number of halogens is 6. The van der Waals surface area contributed by atoms with Crippen LogP contribution in [0.4, 0.5) is 26.3 Å². The maximum absolute atomic E-state index is 13.1. The van der Waals surface area contributed by atoms with Crippen LogP contribution in [0.2, 0.25) is 0 Å². The Labute approximate surface area is 159 Å². The third kappa shape index (κ3) is 7.59. The monoisotopic (exact) mass is 414 g/mol. The van der Waals surface area contributed by atoms with Gasteiger partial charge in [-0.15, -0.1) is 0 Å². The van der Waals surface area contributed by atoms with E-state index in [0.717, 1.165) is 38.5 Å². The molecule has 0 bridgehead atoms. The zero-order valence-corrected chi connectivity index (χ0v) is 15.6. The molecule has 1 N–H and O–H groups in total. The summed E-state index contributed by atoms with van der Waals surface area (Å²) in [6.45, 7) is 1.94. The van der Waals surface area contributed by atoms with Crippen molar-refractivity contribution < 1.29 is 41.0 Å². The molecule has 0 heterocycles. The van der Waals surface area contributed by atoms with Crippen molar-refractivity contribution in [3.05, 3.63) is 28.8 Å². The number of ether oxygens (including phenoxy) is 1. The Morgan fingerprint density at radius 3 is 1.89 bits per heavy atom. The van der Waals surface area contributed by atoms with Crippen molar-refractivity contribution in [3.63, 3.8) is 0 Å². The van der Waals surface area contributed by atoms with Gasteiger partial charge in [0.2, 0.25) is 0 Å². The molecular formula is C19H24F6O3. The molecule has 9 heteroatoms. The van der Waals surface area contributed by atoms with E-state index < -0.39 is 40.8 Å². The van der Waals surface area contributed by atoms with Crippen LogP contribution in [-0.2, 0) is 12.4 Å². The molecule has 0 aliphatic carbocycles. The summed E-state index contributed by atoms with van der Waals surface area (Å²) >= 11 is 0. The van der Waals surface area contributed by atoms with Gasteiger partial charge >= 0.3 is 18.3 Å². The first-order chi connectivity index (χ1) is 13.0. The molecule has 0 aliphatic rings. The fourth-order valence-corrected chi connectivity index (χ4v) is 2.76. The van der Waals surface area contributed by atoms with Crippen molar-refractivity contribution in [3.8, 4) is 5.75 Å². The number of benzene rings is 1. The quantitative estimate of drug-likeness (QED) is 0.315. The van der Waals surface area contributed by atoms with Crippen molar-refractivity contribution in [2.45, 2.75) is 70.6 Å². The lowest BCUT2D eigenvalue weighted by Gasteiger charge is -2.18. The number of carboxylic acid groups (broad SMARTS) is 1. The highest BCUT2D eigenvalue weighted by Crippen LogP contribution is 2.41. The minimum absolute atomic E-state index is 0.159. The van der Waals surface area contributed by atoms with Gasteiger partial charge in [-0.1, -0.05) is 51.9 Å². The van der Waals surface area contributed by atoms with E-state index in [9.17, 15) is 31.1 Å². The lowest BCUT2D eigenvalue weighted by atomic mass is 10.0. The Hall–Kier alpha value is -1.93. The normalized spacial score (nSPS) is 12.2. The summed E-state index contributed by atoms with van der Waals surface area (Å²) in [5.41, 5.74) is -4.78. The van der Waals surface area contributed by atoms with E-state index in [1.54, 1.807) is 0 Å². The van der Waals surface area contributed by atoms with Crippen LogP contribution in [0, 0.1) is 0 Å². The summed E-state index contributed by atoms with van der Waals surface area (Å²) in [5, 5.41) is 9.09. The maximum atomic E-state index is 13.1. The Balaban J connectivity index is 2.85. The first kappa shape index (κ1) is 24.1. The van der Waals surface area contributed by atoms with Gasteiger partial charge in [0.05, 0.1) is 17.7 Å². The van der Waals surface area contributed by atoms with E-state index >= 15 is 0 Å². The highest BCUT2D eigenvalue weighted by Gasteiger charge is 2.41. The average molecular weight is 414 g/mol. The Morgan fingerprint density at radius 1 is 0.893 bits per heavy atom. The summed E-state index contributed by atoms with van der Waals surface area (Å²) in [7, 11) is 0. The van der Waals surface area contributed by atoms with E-state index in [2.05, 4.69) is 6.92 Å². The molecule has 0 amide bonds. The fraction of sp³-hybridized carbons (Fsp3) is 0.632. The van der Waals surface area contributed by atoms with Crippen molar-refractivity contribution >= 4 is 5.97 Å². The van der Waals surface area contributed by atoms with Crippen molar-refractivity contribution in [2.24, 2.45) is 0 Å². The number of unbranched alkanes of at least 4 members (excludes halogenated alkanes) is 7. The number of alkyl halides is 6. The van der Waals surface area contributed by atoms with Crippen LogP contribution in [0.1, 0.15) is 79.8 Å². The molecule has 1 aromatic carbocycles. The van der Waals surface area contributed by atoms with Gasteiger partial charge in [0.15, 0.2) is 0 Å². The van der Waals surface area contributed by atoms with E-state index in [0.29, 0.717) is 18.9 Å². The van der Waals surface area contributed by atoms with Gasteiger partial charge in [-0.2, -0.15) is 26.3 Å². The van der Waals surface area contributed by atoms with Crippen LogP contribution in [0.3, 0.4) is 0 Å². The molecule has 3 nitrogen and oxygen atoms in total. The summed E-state index contributed by atoms with van der Waals surface area (Å²) in [5.74, 6) is -2.91. The molecule has 0 aromatic heterocycles. The summed E-state index contributed by atoms with van der Waals surface area (Å²) in [6.07, 6.45) is -2.89. The number of hydrogen-bond acceptors (Lipinski definition) is 2. The van der Waals surface area contributed by atoms with Gasteiger partial charge in [-0.25, -0.2) is 4.79 Å². The highest BCUT2D eigenvalue weighted by atomic mass is 19.4. The molecule has 1 aromatic rings. The molecular weight excluding hydrogens is 390 g/mol. The number of aromatic carboxylic acids is 1. The maximum Gasteiger partial charge on any atom is 0.417 e. The standard InChI is InChI=1S/C19H24F6O3/c1-2-3-4-5-6-7-8-9-10-28-15-12-13(18(20,21)22)11-14(19(23,24)25)16(15)17(26)27/h11-12H,2-10H2,1H3,(H,26,27). The Kier molecular flexibility index (Phi) is 9.10.